The van der Waals surface area contributed by atoms with Crippen molar-refractivity contribution in [1.82, 2.24) is 0 Å². The Morgan fingerprint density at radius 2 is 1.57 bits per heavy atom. The second-order valence-electron chi connectivity index (χ2n) is 0.861. The van der Waals surface area contributed by atoms with Gasteiger partial charge in [-0.05, 0) is 0 Å². The zero-order valence-corrected chi connectivity index (χ0v) is 4.64. The number of carboxylic acids is 1. The molecule has 0 spiro atoms. The van der Waals surface area contributed by atoms with Gasteiger partial charge >= 0.3 is 5.97 Å². The minimum atomic E-state index is -1.38. The molecule has 1 N–H and O–H groups in total. The summed E-state index contributed by atoms with van der Waals surface area (Å²) in [5.41, 5.74) is 0. The van der Waals surface area contributed by atoms with Gasteiger partial charge in [0.1, 0.15) is 0 Å². The second kappa shape index (κ2) is 3.82. The van der Waals surface area contributed by atoms with E-state index in [1.807, 2.05) is 0 Å². The van der Waals surface area contributed by atoms with Crippen molar-refractivity contribution in [3.05, 3.63) is 0 Å². The van der Waals surface area contributed by atoms with Gasteiger partial charge in [-0.25, -0.2) is 4.79 Å². The van der Waals surface area contributed by atoms with E-state index in [9.17, 15) is 9.59 Å². The topological polar surface area (TPSA) is 54.4 Å². The van der Waals surface area contributed by atoms with Gasteiger partial charge in [0.05, 0.1) is 0 Å². The van der Waals surface area contributed by atoms with Gasteiger partial charge < -0.3 is 5.11 Å². The minimum Gasteiger partial charge on any atom is -0.476 e. The zero-order valence-electron chi connectivity index (χ0n) is 3.60. The number of carboxylic acid groups (broad SMARTS) is 1. The van der Waals surface area contributed by atoms with Crippen molar-refractivity contribution in [3.8, 4) is 0 Å². The molecule has 1 radical (unpaired) electrons. The third-order valence-electron chi connectivity index (χ3n) is 0.301. The van der Waals surface area contributed by atoms with Crippen molar-refractivity contribution in [1.29, 1.82) is 0 Å². The molecule has 0 aliphatic rings. The van der Waals surface area contributed by atoms with E-state index in [0.717, 1.165) is 6.92 Å². The van der Waals surface area contributed by atoms with Crippen LogP contribution in [0.1, 0.15) is 6.92 Å². The molecule has 4 heteroatoms. The SMILES string of the molecule is CC(=O)C(=O)O.[Co]. The van der Waals surface area contributed by atoms with Gasteiger partial charge in [-0.15, -0.1) is 0 Å². The quantitative estimate of drug-likeness (QED) is 0.516. The average molecular weight is 147 g/mol. The van der Waals surface area contributed by atoms with Crippen LogP contribution in [0.3, 0.4) is 0 Å². The van der Waals surface area contributed by atoms with E-state index in [1.54, 1.807) is 0 Å². The van der Waals surface area contributed by atoms with Crippen LogP contribution in [0.25, 0.3) is 0 Å². The van der Waals surface area contributed by atoms with Crippen molar-refractivity contribution in [2.24, 2.45) is 0 Å². The summed E-state index contributed by atoms with van der Waals surface area (Å²) in [5, 5.41) is 7.64. The number of carbonyl (C=O) groups is 2. The molecule has 0 saturated carbocycles. The molecule has 0 unspecified atom stereocenters. The Bertz CT molecular complexity index is 76.2. The van der Waals surface area contributed by atoms with Crippen LogP contribution >= 0.6 is 0 Å². The first-order valence-corrected chi connectivity index (χ1v) is 1.38. The number of hydrogen-bond acceptors (Lipinski definition) is 2. The first-order valence-electron chi connectivity index (χ1n) is 1.38. The number of Topliss-reactive ketones (excluding diaryl/α,β-unsaturated/α-hetero) is 1. The molecule has 0 aliphatic carbocycles. The molecule has 0 heterocycles. The minimum absolute atomic E-state index is 0. The molecule has 43 valence electrons. The fourth-order valence-electron chi connectivity index (χ4n) is 0. The predicted molar refractivity (Wildman–Crippen MR) is 18.3 cm³/mol. The standard InChI is InChI=1S/C3H4O3.Co/c1-2(4)3(5)6;/h1H3,(H,5,6);. The second-order valence-corrected chi connectivity index (χ2v) is 0.861. The molecule has 0 aromatic carbocycles. The third kappa shape index (κ3) is 5.65. The summed E-state index contributed by atoms with van der Waals surface area (Å²) in [6.45, 7) is 1.00. The summed E-state index contributed by atoms with van der Waals surface area (Å²) in [6.07, 6.45) is 0. The van der Waals surface area contributed by atoms with E-state index in [-0.39, 0.29) is 16.8 Å². The summed E-state index contributed by atoms with van der Waals surface area (Å²) < 4.78 is 0. The van der Waals surface area contributed by atoms with Crippen molar-refractivity contribution < 1.29 is 31.5 Å². The summed E-state index contributed by atoms with van der Waals surface area (Å²) in [7, 11) is 0. The van der Waals surface area contributed by atoms with Crippen molar-refractivity contribution in [3.63, 3.8) is 0 Å². The van der Waals surface area contributed by atoms with E-state index in [2.05, 4.69) is 0 Å². The average Bonchev–Trinajstić information content (AvgIpc) is 1.36. The number of ketones is 1. The molecule has 0 aliphatic heterocycles. The summed E-state index contributed by atoms with van der Waals surface area (Å²) >= 11 is 0. The first kappa shape index (κ1) is 9.82. The monoisotopic (exact) mass is 147 g/mol. The van der Waals surface area contributed by atoms with Crippen molar-refractivity contribution >= 4 is 11.8 Å². The van der Waals surface area contributed by atoms with Crippen LogP contribution in [0.2, 0.25) is 0 Å². The van der Waals surface area contributed by atoms with Gasteiger partial charge in [-0.2, -0.15) is 0 Å². The maximum atomic E-state index is 9.54. The normalized spacial score (nSPS) is 6.43. The molecule has 0 fully saturated rings. The molecule has 0 bridgehead atoms. The summed E-state index contributed by atoms with van der Waals surface area (Å²) in [4.78, 5) is 18.9. The van der Waals surface area contributed by atoms with Crippen LogP contribution in [-0.4, -0.2) is 16.9 Å². The molecule has 7 heavy (non-hydrogen) atoms. The van der Waals surface area contributed by atoms with Gasteiger partial charge in [0.25, 0.3) is 0 Å². The predicted octanol–water partition coefficient (Wildman–Crippen LogP) is -0.343. The van der Waals surface area contributed by atoms with Crippen LogP contribution in [0.5, 0.6) is 0 Å². The Morgan fingerprint density at radius 1 is 1.43 bits per heavy atom. The van der Waals surface area contributed by atoms with Gasteiger partial charge in [-0.1, -0.05) is 0 Å². The van der Waals surface area contributed by atoms with Crippen molar-refractivity contribution in [2.45, 2.75) is 6.92 Å². The maximum absolute atomic E-state index is 9.54. The number of hydrogen-bond donors (Lipinski definition) is 1. The Balaban J connectivity index is 0. The number of rotatable bonds is 1. The van der Waals surface area contributed by atoms with Crippen LogP contribution in [-0.2, 0) is 26.4 Å². The Labute approximate surface area is 50.9 Å². The van der Waals surface area contributed by atoms with E-state index < -0.39 is 11.8 Å². The summed E-state index contributed by atoms with van der Waals surface area (Å²) in [5.74, 6) is -2.20. The number of carbonyl (C=O) groups excluding carboxylic acids is 1. The van der Waals surface area contributed by atoms with E-state index in [4.69, 9.17) is 5.11 Å². The van der Waals surface area contributed by atoms with Crippen molar-refractivity contribution in [2.75, 3.05) is 0 Å². The maximum Gasteiger partial charge on any atom is 0.371 e. The molecule has 0 amide bonds. The van der Waals surface area contributed by atoms with Crippen LogP contribution in [0, 0.1) is 0 Å². The van der Waals surface area contributed by atoms with Crippen LogP contribution in [0.4, 0.5) is 0 Å². The molecular formula is C3H4CoO3. The summed E-state index contributed by atoms with van der Waals surface area (Å²) in [6, 6.07) is 0. The van der Waals surface area contributed by atoms with Crippen LogP contribution in [0.15, 0.2) is 0 Å². The molecule has 0 atom stereocenters. The van der Waals surface area contributed by atoms with Crippen LogP contribution < -0.4 is 0 Å². The smallest absolute Gasteiger partial charge is 0.371 e. The molecule has 0 rings (SSSR count). The van der Waals surface area contributed by atoms with Gasteiger partial charge in [-0.3, -0.25) is 4.79 Å². The fraction of sp³-hybridized carbons (Fsp3) is 0.333. The zero-order chi connectivity index (χ0) is 5.15. The molecule has 3 nitrogen and oxygen atoms in total. The molecule has 0 aromatic heterocycles. The molecule has 0 saturated heterocycles. The molecule has 0 aromatic rings. The van der Waals surface area contributed by atoms with Gasteiger partial charge in [0, 0.05) is 23.7 Å². The molecular weight excluding hydrogens is 143 g/mol. The Hall–Kier alpha value is -0.354. The third-order valence-corrected chi connectivity index (χ3v) is 0.301. The van der Waals surface area contributed by atoms with E-state index in [0.29, 0.717) is 0 Å². The number of aliphatic carboxylic acids is 1. The van der Waals surface area contributed by atoms with Gasteiger partial charge in [0.15, 0.2) is 0 Å². The largest absolute Gasteiger partial charge is 0.476 e. The van der Waals surface area contributed by atoms with Gasteiger partial charge in [0.2, 0.25) is 5.78 Å². The first-order chi connectivity index (χ1) is 2.64. The fourth-order valence-corrected chi connectivity index (χ4v) is 0. The Kier molecular flexibility index (Phi) is 5.36. The van der Waals surface area contributed by atoms with E-state index in [1.165, 1.54) is 0 Å². The van der Waals surface area contributed by atoms with E-state index >= 15 is 0 Å². The Morgan fingerprint density at radius 3 is 1.57 bits per heavy atom.